The maximum absolute atomic E-state index is 12.3. The third kappa shape index (κ3) is 1.83. The van der Waals surface area contributed by atoms with E-state index >= 15 is 0 Å². The number of likely N-dealkylation sites (N-methyl/N-ethyl adjacent to an activating group) is 2. The van der Waals surface area contributed by atoms with Gasteiger partial charge in [-0.3, -0.25) is 33.3 Å². The Morgan fingerprint density at radius 1 is 0.826 bits per heavy atom. The van der Waals surface area contributed by atoms with Crippen molar-refractivity contribution in [2.45, 2.75) is 5.60 Å². The standard InChI is InChI=1S/C12H14N4O7/c1-13-6(17)5(7(18)14(2)10(13)21)12(23)8(19)15(3)11(22)16(4)9(12)20/h17,23H,1-4H3. The van der Waals surface area contributed by atoms with Crippen molar-refractivity contribution in [3.8, 4) is 5.88 Å². The van der Waals surface area contributed by atoms with Crippen molar-refractivity contribution in [2.24, 2.45) is 14.1 Å². The van der Waals surface area contributed by atoms with Crippen LogP contribution in [0, 0.1) is 0 Å². The Kier molecular flexibility index (Phi) is 3.41. The highest BCUT2D eigenvalue weighted by Crippen LogP contribution is 2.32. The van der Waals surface area contributed by atoms with Crippen molar-refractivity contribution in [1.82, 2.24) is 18.9 Å². The van der Waals surface area contributed by atoms with Crippen LogP contribution in [0.5, 0.6) is 5.88 Å². The summed E-state index contributed by atoms with van der Waals surface area (Å²) >= 11 is 0. The van der Waals surface area contributed by atoms with Crippen LogP contribution in [0.1, 0.15) is 5.56 Å². The molecule has 1 aromatic rings. The lowest BCUT2D eigenvalue weighted by Crippen LogP contribution is -2.66. The molecule has 1 aliphatic heterocycles. The van der Waals surface area contributed by atoms with Crippen molar-refractivity contribution < 1.29 is 24.6 Å². The topological polar surface area (TPSA) is 142 Å². The molecule has 0 radical (unpaired) electrons. The van der Waals surface area contributed by atoms with Gasteiger partial charge in [0.15, 0.2) is 0 Å². The van der Waals surface area contributed by atoms with Gasteiger partial charge in [-0.2, -0.15) is 0 Å². The number of hydrogen-bond acceptors (Lipinski definition) is 7. The van der Waals surface area contributed by atoms with Crippen LogP contribution in [0.4, 0.5) is 4.79 Å². The van der Waals surface area contributed by atoms with Crippen LogP contribution in [0.3, 0.4) is 0 Å². The molecule has 0 bridgehead atoms. The molecular weight excluding hydrogens is 312 g/mol. The zero-order valence-electron chi connectivity index (χ0n) is 12.7. The molecule has 0 atom stereocenters. The van der Waals surface area contributed by atoms with Gasteiger partial charge >= 0.3 is 11.7 Å². The van der Waals surface area contributed by atoms with Gasteiger partial charge in [0.05, 0.1) is 0 Å². The number of carbonyl (C=O) groups is 3. The maximum atomic E-state index is 12.3. The van der Waals surface area contributed by atoms with E-state index in [1.807, 2.05) is 0 Å². The molecule has 11 heteroatoms. The molecule has 2 rings (SSSR count). The van der Waals surface area contributed by atoms with E-state index in [0.29, 0.717) is 18.9 Å². The number of aliphatic hydroxyl groups is 1. The molecular formula is C12H14N4O7. The summed E-state index contributed by atoms with van der Waals surface area (Å²) in [5.41, 5.74) is -6.27. The van der Waals surface area contributed by atoms with Crippen molar-refractivity contribution in [2.75, 3.05) is 14.1 Å². The fourth-order valence-electron chi connectivity index (χ4n) is 2.34. The van der Waals surface area contributed by atoms with Gasteiger partial charge in [-0.1, -0.05) is 0 Å². The quantitative estimate of drug-likeness (QED) is 0.525. The van der Waals surface area contributed by atoms with Crippen LogP contribution in [-0.4, -0.2) is 61.1 Å². The molecule has 124 valence electrons. The van der Waals surface area contributed by atoms with E-state index in [1.54, 1.807) is 0 Å². The Balaban J connectivity index is 2.92. The van der Waals surface area contributed by atoms with Crippen LogP contribution in [0.15, 0.2) is 9.59 Å². The summed E-state index contributed by atoms with van der Waals surface area (Å²) in [6.07, 6.45) is 0. The lowest BCUT2D eigenvalue weighted by Gasteiger charge is -2.38. The molecule has 1 aliphatic rings. The van der Waals surface area contributed by atoms with Gasteiger partial charge in [-0.25, -0.2) is 9.59 Å². The number of aromatic hydroxyl groups is 1. The van der Waals surface area contributed by atoms with E-state index in [4.69, 9.17) is 0 Å². The fraction of sp³-hybridized carbons (Fsp3) is 0.417. The van der Waals surface area contributed by atoms with Crippen LogP contribution >= 0.6 is 0 Å². The number of urea groups is 1. The van der Waals surface area contributed by atoms with Crippen molar-refractivity contribution in [3.05, 3.63) is 26.4 Å². The lowest BCUT2D eigenvalue weighted by molar-refractivity contribution is -0.169. The molecule has 11 nitrogen and oxygen atoms in total. The molecule has 1 saturated heterocycles. The Morgan fingerprint density at radius 2 is 1.26 bits per heavy atom. The molecule has 0 unspecified atom stereocenters. The number of imide groups is 2. The van der Waals surface area contributed by atoms with E-state index in [2.05, 4.69) is 0 Å². The first kappa shape index (κ1) is 16.4. The second-order valence-corrected chi connectivity index (χ2v) is 5.13. The van der Waals surface area contributed by atoms with Gasteiger partial charge in [-0.05, 0) is 0 Å². The highest BCUT2D eigenvalue weighted by atomic mass is 16.3. The number of nitrogens with zero attached hydrogens (tertiary/aromatic N) is 4. The summed E-state index contributed by atoms with van der Waals surface area (Å²) in [6, 6.07) is -1.01. The Hall–Kier alpha value is -2.95. The Morgan fingerprint density at radius 3 is 1.70 bits per heavy atom. The number of rotatable bonds is 1. The largest absolute Gasteiger partial charge is 0.494 e. The van der Waals surface area contributed by atoms with Crippen molar-refractivity contribution >= 4 is 17.8 Å². The first-order chi connectivity index (χ1) is 10.5. The Bertz CT molecular complexity index is 841. The van der Waals surface area contributed by atoms with Crippen LogP contribution in [0.25, 0.3) is 0 Å². The second kappa shape index (κ2) is 4.78. The minimum Gasteiger partial charge on any atom is -0.494 e. The number of amides is 4. The van der Waals surface area contributed by atoms with E-state index in [1.165, 1.54) is 0 Å². The minimum atomic E-state index is -3.12. The maximum Gasteiger partial charge on any atom is 0.333 e. The van der Waals surface area contributed by atoms with E-state index in [9.17, 15) is 34.2 Å². The van der Waals surface area contributed by atoms with E-state index < -0.39 is 46.1 Å². The molecule has 0 saturated carbocycles. The van der Waals surface area contributed by atoms with Crippen molar-refractivity contribution in [1.29, 1.82) is 0 Å². The average Bonchev–Trinajstić information content (AvgIpc) is 2.53. The summed E-state index contributed by atoms with van der Waals surface area (Å²) in [4.78, 5) is 61.2. The number of carbonyl (C=O) groups excluding carboxylic acids is 3. The first-order valence-corrected chi connectivity index (χ1v) is 6.30. The molecule has 0 spiro atoms. The van der Waals surface area contributed by atoms with Gasteiger partial charge in [0.2, 0.25) is 5.88 Å². The Labute approximate surface area is 128 Å². The fourth-order valence-corrected chi connectivity index (χ4v) is 2.34. The zero-order valence-corrected chi connectivity index (χ0v) is 12.7. The number of aromatic nitrogens is 2. The predicted octanol–water partition coefficient (Wildman–Crippen LogP) is -2.97. The third-order valence-corrected chi connectivity index (χ3v) is 3.80. The predicted molar refractivity (Wildman–Crippen MR) is 73.4 cm³/mol. The summed E-state index contributed by atoms with van der Waals surface area (Å²) < 4.78 is 1.11. The molecule has 1 fully saturated rings. The zero-order chi connectivity index (χ0) is 17.9. The molecule has 0 aliphatic carbocycles. The monoisotopic (exact) mass is 326 g/mol. The van der Waals surface area contributed by atoms with Crippen LogP contribution in [0.2, 0.25) is 0 Å². The minimum absolute atomic E-state index is 0.436. The smallest absolute Gasteiger partial charge is 0.333 e. The number of hydrogen-bond donors (Lipinski definition) is 2. The van der Waals surface area contributed by atoms with Gasteiger partial charge in [0.1, 0.15) is 5.56 Å². The first-order valence-electron chi connectivity index (χ1n) is 6.30. The van der Waals surface area contributed by atoms with Gasteiger partial charge < -0.3 is 10.2 Å². The highest BCUT2D eigenvalue weighted by Gasteiger charge is 2.59. The highest BCUT2D eigenvalue weighted by molar-refractivity contribution is 6.21. The molecule has 2 heterocycles. The van der Waals surface area contributed by atoms with E-state index in [0.717, 1.165) is 28.2 Å². The summed E-state index contributed by atoms with van der Waals surface area (Å²) in [6.45, 7) is 0. The molecule has 2 N–H and O–H groups in total. The van der Waals surface area contributed by atoms with E-state index in [-0.39, 0.29) is 0 Å². The molecule has 0 aromatic carbocycles. The SMILES string of the molecule is CN1C(=O)N(C)C(=O)C(O)(c2c(O)n(C)c(=O)n(C)c2=O)C1=O. The summed E-state index contributed by atoms with van der Waals surface area (Å²) in [7, 11) is 4.14. The summed E-state index contributed by atoms with van der Waals surface area (Å²) in [5.74, 6) is -3.85. The second-order valence-electron chi connectivity index (χ2n) is 5.13. The molecule has 23 heavy (non-hydrogen) atoms. The lowest BCUT2D eigenvalue weighted by atomic mass is 9.90. The summed E-state index contributed by atoms with van der Waals surface area (Å²) in [5, 5.41) is 20.7. The number of barbiturate groups is 1. The van der Waals surface area contributed by atoms with Gasteiger partial charge in [0, 0.05) is 28.2 Å². The van der Waals surface area contributed by atoms with Crippen molar-refractivity contribution in [3.63, 3.8) is 0 Å². The van der Waals surface area contributed by atoms with Gasteiger partial charge in [0.25, 0.3) is 23.0 Å². The molecule has 1 aromatic heterocycles. The van der Waals surface area contributed by atoms with Crippen LogP contribution in [-0.2, 0) is 29.3 Å². The molecule has 4 amide bonds. The average molecular weight is 326 g/mol. The normalized spacial score (nSPS) is 17.9. The third-order valence-electron chi connectivity index (χ3n) is 3.80. The van der Waals surface area contributed by atoms with Crippen LogP contribution < -0.4 is 11.2 Å². The van der Waals surface area contributed by atoms with Gasteiger partial charge in [-0.15, -0.1) is 0 Å².